The number of nitrogens with zero attached hydrogens (tertiary/aromatic N) is 1. The van der Waals surface area contributed by atoms with Crippen molar-refractivity contribution in [3.63, 3.8) is 0 Å². The van der Waals surface area contributed by atoms with Crippen molar-refractivity contribution in [1.82, 2.24) is 10.4 Å². The molecule has 74 valence electrons. The molecule has 0 heterocycles. The average molecular weight is 172 g/mol. The Bertz CT molecular complexity index is 77.9. The first kappa shape index (κ1) is 11.9. The van der Waals surface area contributed by atoms with Gasteiger partial charge in [-0.2, -0.15) is 0 Å². The largest absolute Gasteiger partial charge is 0.255 e. The fourth-order valence-electron chi connectivity index (χ4n) is 1.22. The van der Waals surface area contributed by atoms with Crippen molar-refractivity contribution in [2.45, 2.75) is 46.5 Å². The van der Waals surface area contributed by atoms with E-state index in [1.165, 1.54) is 38.8 Å². The maximum Gasteiger partial charge on any atom is 0.0128 e. The quantitative estimate of drug-likeness (QED) is 0.447. The zero-order valence-electron chi connectivity index (χ0n) is 8.90. The first-order valence-corrected chi connectivity index (χ1v) is 5.33. The van der Waals surface area contributed by atoms with Crippen LogP contribution in [0, 0.1) is 0 Å². The van der Waals surface area contributed by atoms with E-state index in [4.69, 9.17) is 0 Å². The van der Waals surface area contributed by atoms with E-state index in [0.717, 1.165) is 6.54 Å². The Kier molecular flexibility index (Phi) is 8.95. The zero-order chi connectivity index (χ0) is 9.23. The fraction of sp³-hybridized carbons (Fsp3) is 1.00. The molecule has 0 unspecified atom stereocenters. The van der Waals surface area contributed by atoms with Gasteiger partial charge in [-0.1, -0.05) is 27.2 Å². The predicted octanol–water partition coefficient (Wildman–Crippen LogP) is 2.41. The molecule has 0 aromatic heterocycles. The van der Waals surface area contributed by atoms with Gasteiger partial charge in [0.25, 0.3) is 0 Å². The van der Waals surface area contributed by atoms with Crippen LogP contribution in [0.15, 0.2) is 0 Å². The molecule has 0 atom stereocenters. The van der Waals surface area contributed by atoms with E-state index in [1.54, 1.807) is 0 Å². The van der Waals surface area contributed by atoms with Gasteiger partial charge < -0.3 is 0 Å². The van der Waals surface area contributed by atoms with Crippen molar-refractivity contribution >= 4 is 0 Å². The monoisotopic (exact) mass is 172 g/mol. The summed E-state index contributed by atoms with van der Waals surface area (Å²) in [6, 6.07) is 0. The van der Waals surface area contributed by atoms with Crippen LogP contribution in [0.25, 0.3) is 0 Å². The van der Waals surface area contributed by atoms with Crippen LogP contribution in [0.4, 0.5) is 0 Å². The molecule has 0 bridgehead atoms. The minimum Gasteiger partial charge on any atom is -0.255 e. The van der Waals surface area contributed by atoms with Crippen molar-refractivity contribution in [3.8, 4) is 0 Å². The molecular formula is C10H24N2. The first-order chi connectivity index (χ1) is 5.85. The van der Waals surface area contributed by atoms with Crippen LogP contribution in [0.1, 0.15) is 46.5 Å². The van der Waals surface area contributed by atoms with Crippen LogP contribution in [0.2, 0.25) is 0 Å². The fourth-order valence-corrected chi connectivity index (χ4v) is 1.22. The molecule has 0 radical (unpaired) electrons. The second-order valence-electron chi connectivity index (χ2n) is 3.25. The molecule has 2 heteroatoms. The molecule has 2 nitrogen and oxygen atoms in total. The molecule has 0 aromatic carbocycles. The smallest absolute Gasteiger partial charge is 0.0128 e. The van der Waals surface area contributed by atoms with Crippen LogP contribution >= 0.6 is 0 Å². The summed E-state index contributed by atoms with van der Waals surface area (Å²) in [4.78, 5) is 0. The van der Waals surface area contributed by atoms with Gasteiger partial charge in [0.15, 0.2) is 0 Å². The van der Waals surface area contributed by atoms with Gasteiger partial charge in [0.05, 0.1) is 0 Å². The van der Waals surface area contributed by atoms with E-state index in [1.807, 2.05) is 0 Å². The maximum absolute atomic E-state index is 3.46. The van der Waals surface area contributed by atoms with E-state index in [2.05, 4.69) is 31.2 Å². The lowest BCUT2D eigenvalue weighted by atomic mass is 10.3. The Balaban J connectivity index is 3.34. The molecule has 0 saturated heterocycles. The summed E-state index contributed by atoms with van der Waals surface area (Å²) < 4.78 is 0. The van der Waals surface area contributed by atoms with Crippen LogP contribution in [-0.2, 0) is 0 Å². The molecule has 0 rings (SSSR count). The average Bonchev–Trinajstić information content (AvgIpc) is 2.06. The van der Waals surface area contributed by atoms with Crippen molar-refractivity contribution in [1.29, 1.82) is 0 Å². The van der Waals surface area contributed by atoms with Crippen molar-refractivity contribution in [2.75, 3.05) is 19.6 Å². The lowest BCUT2D eigenvalue weighted by molar-refractivity contribution is 0.187. The summed E-state index contributed by atoms with van der Waals surface area (Å²) in [5.74, 6) is 0. The molecule has 0 aliphatic rings. The van der Waals surface area contributed by atoms with Gasteiger partial charge in [-0.15, -0.1) is 0 Å². The van der Waals surface area contributed by atoms with Gasteiger partial charge >= 0.3 is 0 Å². The van der Waals surface area contributed by atoms with Crippen molar-refractivity contribution in [3.05, 3.63) is 0 Å². The van der Waals surface area contributed by atoms with Crippen LogP contribution in [0.3, 0.4) is 0 Å². The number of unbranched alkanes of at least 4 members (excludes halogenated alkanes) is 1. The highest BCUT2D eigenvalue weighted by atomic mass is 15.5. The van der Waals surface area contributed by atoms with Gasteiger partial charge in [0.2, 0.25) is 0 Å². The second-order valence-corrected chi connectivity index (χ2v) is 3.25. The molecule has 12 heavy (non-hydrogen) atoms. The van der Waals surface area contributed by atoms with E-state index in [0.29, 0.717) is 0 Å². The summed E-state index contributed by atoms with van der Waals surface area (Å²) in [5.41, 5.74) is 3.46. The second kappa shape index (κ2) is 9.01. The Hall–Kier alpha value is -0.0800. The highest BCUT2D eigenvalue weighted by molar-refractivity contribution is 4.50. The summed E-state index contributed by atoms with van der Waals surface area (Å²) >= 11 is 0. The number of hydrogen-bond acceptors (Lipinski definition) is 2. The van der Waals surface area contributed by atoms with E-state index >= 15 is 0 Å². The van der Waals surface area contributed by atoms with Gasteiger partial charge in [-0.25, -0.2) is 5.01 Å². The summed E-state index contributed by atoms with van der Waals surface area (Å²) in [6.07, 6.45) is 5.03. The van der Waals surface area contributed by atoms with Crippen LogP contribution < -0.4 is 5.43 Å². The van der Waals surface area contributed by atoms with Gasteiger partial charge in [0.1, 0.15) is 0 Å². The molecular weight excluding hydrogens is 148 g/mol. The van der Waals surface area contributed by atoms with Gasteiger partial charge in [0, 0.05) is 19.6 Å². The normalized spacial score (nSPS) is 11.0. The van der Waals surface area contributed by atoms with E-state index in [9.17, 15) is 0 Å². The highest BCUT2D eigenvalue weighted by Crippen LogP contribution is 1.91. The Morgan fingerprint density at radius 3 is 1.92 bits per heavy atom. The molecule has 0 aliphatic heterocycles. The standard InChI is InChI=1S/C10H24N2/c1-4-7-8-11-12(9-5-2)10-6-3/h11H,4-10H2,1-3H3. The molecule has 0 amide bonds. The minimum atomic E-state index is 1.14. The molecule has 0 saturated carbocycles. The SMILES string of the molecule is CCCCNN(CCC)CCC. The maximum atomic E-state index is 3.46. The molecule has 0 aromatic rings. The molecule has 1 N–H and O–H groups in total. The Morgan fingerprint density at radius 2 is 1.50 bits per heavy atom. The van der Waals surface area contributed by atoms with E-state index < -0.39 is 0 Å². The van der Waals surface area contributed by atoms with E-state index in [-0.39, 0.29) is 0 Å². The Labute approximate surface area is 77.3 Å². The van der Waals surface area contributed by atoms with Crippen LogP contribution in [-0.4, -0.2) is 24.6 Å². The number of rotatable bonds is 8. The minimum absolute atomic E-state index is 1.14. The number of hydrogen-bond donors (Lipinski definition) is 1. The summed E-state index contributed by atoms with van der Waals surface area (Å²) in [6.45, 7) is 10.2. The molecule has 0 aliphatic carbocycles. The number of hydrazine groups is 1. The third-order valence-corrected chi connectivity index (χ3v) is 1.85. The zero-order valence-corrected chi connectivity index (χ0v) is 8.90. The third-order valence-electron chi connectivity index (χ3n) is 1.85. The Morgan fingerprint density at radius 1 is 0.917 bits per heavy atom. The summed E-state index contributed by atoms with van der Waals surface area (Å²) in [7, 11) is 0. The van der Waals surface area contributed by atoms with Gasteiger partial charge in [-0.3, -0.25) is 5.43 Å². The topological polar surface area (TPSA) is 15.3 Å². The third kappa shape index (κ3) is 6.62. The lowest BCUT2D eigenvalue weighted by Gasteiger charge is -2.21. The summed E-state index contributed by atoms with van der Waals surface area (Å²) in [5, 5.41) is 2.34. The van der Waals surface area contributed by atoms with Crippen molar-refractivity contribution < 1.29 is 0 Å². The highest BCUT2D eigenvalue weighted by Gasteiger charge is 1.99. The predicted molar refractivity (Wildman–Crippen MR) is 55.1 cm³/mol. The lowest BCUT2D eigenvalue weighted by Crippen LogP contribution is -2.39. The first-order valence-electron chi connectivity index (χ1n) is 5.33. The number of nitrogens with one attached hydrogen (secondary N) is 1. The molecule has 0 spiro atoms. The van der Waals surface area contributed by atoms with Crippen molar-refractivity contribution in [2.24, 2.45) is 0 Å². The van der Waals surface area contributed by atoms with Gasteiger partial charge in [-0.05, 0) is 19.3 Å². The molecule has 0 fully saturated rings. The van der Waals surface area contributed by atoms with Crippen LogP contribution in [0.5, 0.6) is 0 Å².